The Kier molecular flexibility index (Phi) is 15.8. The molecule has 0 aromatic heterocycles. The van der Waals surface area contributed by atoms with Crippen molar-refractivity contribution in [2.45, 2.75) is 62.3 Å². The molecule has 56 heavy (non-hydrogen) atoms. The Morgan fingerprint density at radius 3 is 1.43 bits per heavy atom. The van der Waals surface area contributed by atoms with Crippen LogP contribution in [0.4, 0.5) is 0 Å². The van der Waals surface area contributed by atoms with Crippen LogP contribution in [0.1, 0.15) is 59.7 Å². The van der Waals surface area contributed by atoms with Crippen molar-refractivity contribution in [2.75, 3.05) is 39.3 Å². The number of β-amino-alcohol motifs (C(OH)–C–C–N with tert-alkyl or cyclic N) is 1. The zero-order valence-corrected chi connectivity index (χ0v) is 35.8. The molecule has 4 aliphatic rings. The largest absolute Gasteiger partial charge is 2.00 e. The van der Waals surface area contributed by atoms with E-state index in [0.717, 1.165) is 63.8 Å². The van der Waals surface area contributed by atoms with E-state index in [9.17, 15) is 30.3 Å². The summed E-state index contributed by atoms with van der Waals surface area (Å²) in [6.45, 7) is 6.43. The third-order valence-electron chi connectivity index (χ3n) is 12.2. The first kappa shape index (κ1) is 45.9. The first-order valence-electron chi connectivity index (χ1n) is 19.2. The van der Waals surface area contributed by atoms with Crippen molar-refractivity contribution in [3.05, 3.63) is 139 Å². The van der Waals surface area contributed by atoms with Gasteiger partial charge >= 0.3 is 23.1 Å². The second kappa shape index (κ2) is 19.3. The average Bonchev–Trinajstić information content (AvgIpc) is 3.82. The number of carbonyl (C=O) groups excluding carboxylic acids is 1. The van der Waals surface area contributed by atoms with Gasteiger partial charge in [-0.3, -0.25) is 14.6 Å². The molecule has 2 heterocycles. The van der Waals surface area contributed by atoms with E-state index >= 15 is 0 Å². The van der Waals surface area contributed by atoms with E-state index in [1.54, 1.807) is 48.5 Å². The van der Waals surface area contributed by atoms with Gasteiger partial charge in [0.05, 0.1) is 23.3 Å². The van der Waals surface area contributed by atoms with Crippen LogP contribution in [-0.4, -0.2) is 115 Å². The van der Waals surface area contributed by atoms with Crippen LogP contribution < -0.4 is 17.0 Å². The van der Waals surface area contributed by atoms with Gasteiger partial charge in [-0.15, -0.1) is 0 Å². The number of halogens is 1. The first-order chi connectivity index (χ1) is 25.3. The zero-order valence-electron chi connectivity index (χ0n) is 32.8. The molecule has 0 radical (unpaired) electrons. The molecule has 4 fully saturated rings. The molecular weight excluding hydrogens is 781 g/mol. The molecule has 7 atom stereocenters. The van der Waals surface area contributed by atoms with Crippen LogP contribution in [0.15, 0.2) is 109 Å². The maximum absolute atomic E-state index is 12.4. The van der Waals surface area contributed by atoms with Gasteiger partial charge in [0.2, 0.25) is 0 Å². The minimum Gasteiger partial charge on any atom is -1.00 e. The SMILES string of the molecule is CC(O)(CN1C[C@@H]2CC(O)(Cc3ccccc3)C[C@@H]2C1)c1ccc(O)cc1.O=C(CN1C[C@@H]2CC(O)(Cc3ccccc3)C[C@@H]2C1)c1ccc(O)cc1.[Br-].[CH3-].[Mg+2]. The number of benzene rings is 4. The van der Waals surface area contributed by atoms with E-state index in [1.807, 2.05) is 43.3 Å². The Morgan fingerprint density at radius 2 is 1.02 bits per heavy atom. The van der Waals surface area contributed by atoms with Gasteiger partial charge in [0, 0.05) is 51.1 Å². The molecule has 296 valence electrons. The van der Waals surface area contributed by atoms with Crippen LogP contribution in [0.5, 0.6) is 11.5 Å². The molecule has 4 aromatic carbocycles. The molecule has 2 saturated heterocycles. The summed E-state index contributed by atoms with van der Waals surface area (Å²) in [6.07, 6.45) is 4.75. The fourth-order valence-corrected chi connectivity index (χ4v) is 9.90. The third kappa shape index (κ3) is 11.4. The molecule has 5 N–H and O–H groups in total. The molecule has 2 aliphatic carbocycles. The van der Waals surface area contributed by atoms with Crippen LogP contribution in [-0.2, 0) is 18.4 Å². The van der Waals surface area contributed by atoms with Crippen LogP contribution in [0, 0.1) is 31.1 Å². The molecule has 2 aliphatic heterocycles. The van der Waals surface area contributed by atoms with Crippen LogP contribution in [0.3, 0.4) is 0 Å². The predicted octanol–water partition coefficient (Wildman–Crippen LogP) is 2.88. The van der Waals surface area contributed by atoms with Gasteiger partial charge in [-0.2, -0.15) is 0 Å². The Labute approximate surface area is 359 Å². The minimum atomic E-state index is -0.952. The number of aliphatic hydroxyl groups is 3. The summed E-state index contributed by atoms with van der Waals surface area (Å²) in [5.74, 6) is 2.40. The molecule has 10 heteroatoms. The molecule has 8 nitrogen and oxygen atoms in total. The van der Waals surface area contributed by atoms with Crippen molar-refractivity contribution in [2.24, 2.45) is 23.7 Å². The monoisotopic (exact) mass is 836 g/mol. The standard InChI is InChI=1S/C23H29NO3.C22H25NO3.CH3.BrH.Mg/c1-22(26,20-7-9-21(25)10-8-20)16-24-14-18-12-23(27,13-19(18)15-24)11-17-5-3-2-4-6-17;24-20-8-6-17(7-9-20)21(25)15-23-13-18-11-22(26,12-19(18)14-23)10-16-4-2-1-3-5-16;;;/h2-10,18-19,25-27H,11-16H2,1H3;1-9,18-19,24,26H,10-15H2;1H3;1H;/q;;-1;;+2/p-1/t18-,19+,22?,23?;18-,19+,22?;;;. The maximum atomic E-state index is 12.4. The average molecular weight is 838 g/mol. The van der Waals surface area contributed by atoms with Crippen molar-refractivity contribution in [3.63, 3.8) is 0 Å². The number of phenolic OH excluding ortho intramolecular Hbond substituents is 2. The minimum absolute atomic E-state index is 0. The van der Waals surface area contributed by atoms with Crippen molar-refractivity contribution in [3.8, 4) is 11.5 Å². The van der Waals surface area contributed by atoms with Gasteiger partial charge in [0.25, 0.3) is 0 Å². The zero-order chi connectivity index (χ0) is 37.2. The van der Waals surface area contributed by atoms with E-state index in [2.05, 4.69) is 34.1 Å². The van der Waals surface area contributed by atoms with E-state index in [0.29, 0.717) is 48.7 Å². The van der Waals surface area contributed by atoms with Gasteiger partial charge in [-0.1, -0.05) is 72.8 Å². The number of hydrogen-bond donors (Lipinski definition) is 5. The number of ketones is 1. The van der Waals surface area contributed by atoms with Crippen molar-refractivity contribution in [1.29, 1.82) is 0 Å². The van der Waals surface area contributed by atoms with Gasteiger partial charge in [-0.25, -0.2) is 0 Å². The topological polar surface area (TPSA) is 125 Å². The van der Waals surface area contributed by atoms with E-state index < -0.39 is 16.8 Å². The number of phenols is 2. The summed E-state index contributed by atoms with van der Waals surface area (Å²) in [7, 11) is 0. The Balaban J connectivity index is 0.000000236. The number of Topliss-reactive ketones (excluding diaryl/α,β-unsaturated/α-hetero) is 1. The number of likely N-dealkylation sites (tertiary alicyclic amines) is 2. The quantitative estimate of drug-likeness (QED) is 0.0940. The number of rotatable bonds is 10. The number of hydrogen-bond acceptors (Lipinski definition) is 8. The fraction of sp³-hybridized carbons (Fsp3) is 0.435. The summed E-state index contributed by atoms with van der Waals surface area (Å²) in [5.41, 5.74) is 1.69. The molecule has 3 unspecified atom stereocenters. The Bertz CT molecular complexity index is 1800. The molecule has 2 saturated carbocycles. The van der Waals surface area contributed by atoms with Crippen molar-refractivity contribution < 1.29 is 47.3 Å². The number of carbonyl (C=O) groups is 1. The molecule has 0 spiro atoms. The third-order valence-corrected chi connectivity index (χ3v) is 12.2. The number of fused-ring (bicyclic) bond motifs is 2. The summed E-state index contributed by atoms with van der Waals surface area (Å²) in [5, 5.41) is 51.8. The molecule has 4 aromatic rings. The molecular formula is C46H57BrMgN2O6. The summed E-state index contributed by atoms with van der Waals surface area (Å²) in [6, 6.07) is 33.7. The van der Waals surface area contributed by atoms with Crippen LogP contribution in [0.25, 0.3) is 0 Å². The predicted molar refractivity (Wildman–Crippen MR) is 218 cm³/mol. The van der Waals surface area contributed by atoms with Gasteiger partial charge in [-0.05, 0) is 109 Å². The van der Waals surface area contributed by atoms with Gasteiger partial charge in [0.15, 0.2) is 5.78 Å². The van der Waals surface area contributed by atoms with Crippen molar-refractivity contribution >= 4 is 28.8 Å². The van der Waals surface area contributed by atoms with Crippen molar-refractivity contribution in [1.82, 2.24) is 9.80 Å². The van der Waals surface area contributed by atoms with Gasteiger partial charge < -0.3 is 49.9 Å². The number of aromatic hydroxyl groups is 2. The van der Waals surface area contributed by atoms with Crippen LogP contribution in [0.2, 0.25) is 0 Å². The van der Waals surface area contributed by atoms with Gasteiger partial charge in [0.1, 0.15) is 11.5 Å². The molecule has 8 rings (SSSR count). The molecule has 0 bridgehead atoms. The summed E-state index contributed by atoms with van der Waals surface area (Å²) >= 11 is 0. The van der Waals surface area contributed by atoms with E-state index in [1.165, 1.54) is 11.1 Å². The van der Waals surface area contributed by atoms with Crippen LogP contribution >= 0.6 is 0 Å². The van der Waals surface area contributed by atoms with E-state index in [-0.39, 0.29) is 64.7 Å². The summed E-state index contributed by atoms with van der Waals surface area (Å²) < 4.78 is 0. The normalized spacial score (nSPS) is 27.6. The number of nitrogens with zero attached hydrogens (tertiary/aromatic N) is 2. The Morgan fingerprint density at radius 1 is 0.643 bits per heavy atom. The Hall–Kier alpha value is -2.80. The fourth-order valence-electron chi connectivity index (χ4n) is 9.90. The maximum Gasteiger partial charge on any atom is 2.00 e. The van der Waals surface area contributed by atoms with E-state index in [4.69, 9.17) is 0 Å². The first-order valence-corrected chi connectivity index (χ1v) is 19.2. The molecule has 0 amide bonds. The summed E-state index contributed by atoms with van der Waals surface area (Å²) in [4.78, 5) is 17.0. The smallest absolute Gasteiger partial charge is 1.00 e. The second-order valence-corrected chi connectivity index (χ2v) is 16.8. The second-order valence-electron chi connectivity index (χ2n) is 16.8.